The normalized spacial score (nSPS) is 11.9. The molecule has 98 valence electrons. The van der Waals surface area contributed by atoms with Crippen LogP contribution in [0.1, 0.15) is 34.6 Å². The van der Waals surface area contributed by atoms with Gasteiger partial charge in [-0.15, -0.1) is 0 Å². The van der Waals surface area contributed by atoms with Crippen LogP contribution in [0.25, 0.3) is 0 Å². The van der Waals surface area contributed by atoms with E-state index in [9.17, 15) is 0 Å². The van der Waals surface area contributed by atoms with E-state index in [-0.39, 0.29) is 5.41 Å². The fourth-order valence-electron chi connectivity index (χ4n) is 1.20. The van der Waals surface area contributed by atoms with Crippen LogP contribution in [-0.2, 0) is 0 Å². The van der Waals surface area contributed by atoms with Gasteiger partial charge in [0.1, 0.15) is 0 Å². The second-order valence-electron chi connectivity index (χ2n) is 5.16. The van der Waals surface area contributed by atoms with Gasteiger partial charge in [0.15, 0.2) is 16.6 Å². The summed E-state index contributed by atoms with van der Waals surface area (Å²) in [5.41, 5.74) is 5.99. The highest BCUT2D eigenvalue weighted by molar-refractivity contribution is 7.11. The van der Waals surface area contributed by atoms with E-state index in [1.165, 1.54) is 11.5 Å². The monoisotopic (exact) mass is 257 g/mol. The van der Waals surface area contributed by atoms with Crippen LogP contribution in [0.2, 0.25) is 0 Å². The van der Waals surface area contributed by atoms with E-state index >= 15 is 0 Å². The summed E-state index contributed by atoms with van der Waals surface area (Å²) in [5.74, 6) is 1.77. The van der Waals surface area contributed by atoms with Crippen molar-refractivity contribution in [3.05, 3.63) is 0 Å². The van der Waals surface area contributed by atoms with Crippen LogP contribution in [0.15, 0.2) is 0 Å². The zero-order valence-electron chi connectivity index (χ0n) is 11.3. The van der Waals surface area contributed by atoms with E-state index in [0.717, 1.165) is 11.5 Å². The van der Waals surface area contributed by atoms with Crippen LogP contribution >= 0.6 is 11.5 Å². The third kappa shape index (κ3) is 3.49. The first kappa shape index (κ1) is 14.1. The van der Waals surface area contributed by atoms with Gasteiger partial charge in [-0.25, -0.2) is 0 Å². The molecule has 0 saturated carbocycles. The third-order valence-electron chi connectivity index (χ3n) is 3.23. The highest BCUT2D eigenvalue weighted by Gasteiger charge is 2.23. The summed E-state index contributed by atoms with van der Waals surface area (Å²) in [5, 5.41) is 4.32. The fourth-order valence-corrected chi connectivity index (χ4v) is 1.86. The fraction of sp³-hybridized carbons (Fsp3) is 0.750. The molecule has 1 rings (SSSR count). The number of nitrogens with zero attached hydrogens (tertiary/aromatic N) is 1. The molecule has 1 aromatic rings. The number of nitrogens with one attached hydrogen (secondary N) is 1. The van der Waals surface area contributed by atoms with Crippen molar-refractivity contribution in [3.8, 4) is 5.75 Å². The topological polar surface area (TPSA) is 60.2 Å². The molecule has 4 nitrogen and oxygen atoms in total. The second kappa shape index (κ2) is 5.58. The Labute approximate surface area is 108 Å². The van der Waals surface area contributed by atoms with Crippen molar-refractivity contribution in [3.63, 3.8) is 0 Å². The number of aromatic nitrogens is 1. The molecule has 0 aliphatic rings. The molecule has 0 saturated heterocycles. The largest absolute Gasteiger partial charge is 0.487 e. The molecular formula is C12H23N3OS. The molecule has 0 unspecified atom stereocenters. The highest BCUT2D eigenvalue weighted by atomic mass is 32.1. The predicted octanol–water partition coefficient (Wildman–Crippen LogP) is 3.22. The highest BCUT2D eigenvalue weighted by Crippen LogP contribution is 2.36. The Morgan fingerprint density at radius 1 is 1.47 bits per heavy atom. The minimum absolute atomic E-state index is 0.224. The molecule has 0 radical (unpaired) electrons. The first-order valence-corrected chi connectivity index (χ1v) is 6.77. The Kier molecular flexibility index (Phi) is 4.62. The van der Waals surface area contributed by atoms with E-state index in [2.05, 4.69) is 37.4 Å². The van der Waals surface area contributed by atoms with Crippen molar-refractivity contribution in [1.29, 1.82) is 0 Å². The average Bonchev–Trinajstić information content (AvgIpc) is 2.58. The van der Waals surface area contributed by atoms with Crippen molar-refractivity contribution in [1.82, 2.24) is 4.37 Å². The van der Waals surface area contributed by atoms with Crippen LogP contribution < -0.4 is 15.8 Å². The minimum atomic E-state index is 0.224. The quantitative estimate of drug-likeness (QED) is 0.821. The van der Waals surface area contributed by atoms with Crippen LogP contribution in [-0.4, -0.2) is 17.5 Å². The summed E-state index contributed by atoms with van der Waals surface area (Å²) in [6.07, 6.45) is 0. The van der Waals surface area contributed by atoms with Gasteiger partial charge < -0.3 is 15.8 Å². The first-order chi connectivity index (χ1) is 7.88. The molecule has 5 heteroatoms. The van der Waals surface area contributed by atoms with Gasteiger partial charge in [0.25, 0.3) is 0 Å². The molecule has 1 heterocycles. The van der Waals surface area contributed by atoms with Gasteiger partial charge in [-0.1, -0.05) is 27.7 Å². The van der Waals surface area contributed by atoms with E-state index in [4.69, 9.17) is 10.5 Å². The molecule has 0 fully saturated rings. The van der Waals surface area contributed by atoms with Crippen molar-refractivity contribution in [2.45, 2.75) is 34.6 Å². The number of nitrogens with two attached hydrogens (primary N) is 1. The SMILES string of the molecule is CCOc1c(N)nsc1NCC(C)(C)C(C)C. The molecule has 3 N–H and O–H groups in total. The van der Waals surface area contributed by atoms with Gasteiger partial charge in [0.2, 0.25) is 0 Å². The molecule has 0 spiro atoms. The van der Waals surface area contributed by atoms with Gasteiger partial charge in [-0.3, -0.25) is 0 Å². The van der Waals surface area contributed by atoms with Gasteiger partial charge >= 0.3 is 0 Å². The Hall–Kier alpha value is -0.970. The summed E-state index contributed by atoms with van der Waals surface area (Å²) in [7, 11) is 0. The molecule has 0 aliphatic carbocycles. The lowest BCUT2D eigenvalue weighted by molar-refractivity contribution is 0.269. The van der Waals surface area contributed by atoms with Crippen LogP contribution in [0.5, 0.6) is 5.75 Å². The first-order valence-electron chi connectivity index (χ1n) is 6.00. The summed E-state index contributed by atoms with van der Waals surface area (Å²) < 4.78 is 9.61. The lowest BCUT2D eigenvalue weighted by atomic mass is 9.81. The van der Waals surface area contributed by atoms with Crippen molar-refractivity contribution < 1.29 is 4.74 Å². The van der Waals surface area contributed by atoms with Crippen LogP contribution in [0.3, 0.4) is 0 Å². The number of ether oxygens (including phenoxy) is 1. The Morgan fingerprint density at radius 2 is 2.12 bits per heavy atom. The van der Waals surface area contributed by atoms with Gasteiger partial charge in [-0.05, 0) is 29.8 Å². The van der Waals surface area contributed by atoms with Crippen LogP contribution in [0, 0.1) is 11.3 Å². The number of hydrogen-bond donors (Lipinski definition) is 2. The molecule has 0 amide bonds. The van der Waals surface area contributed by atoms with Crippen molar-refractivity contribution in [2.24, 2.45) is 11.3 Å². The van der Waals surface area contributed by atoms with Gasteiger partial charge in [0, 0.05) is 6.54 Å². The molecule has 0 aromatic carbocycles. The van der Waals surface area contributed by atoms with Gasteiger partial charge in [0.05, 0.1) is 6.61 Å². The average molecular weight is 257 g/mol. The molecule has 1 aromatic heterocycles. The minimum Gasteiger partial charge on any atom is -0.487 e. The van der Waals surface area contributed by atoms with E-state index in [0.29, 0.717) is 24.1 Å². The summed E-state index contributed by atoms with van der Waals surface area (Å²) in [6, 6.07) is 0. The van der Waals surface area contributed by atoms with Crippen molar-refractivity contribution >= 4 is 22.4 Å². The zero-order chi connectivity index (χ0) is 13.1. The Balaban J connectivity index is 2.69. The second-order valence-corrected chi connectivity index (χ2v) is 5.93. The summed E-state index contributed by atoms with van der Waals surface area (Å²) in [6.45, 7) is 12.4. The van der Waals surface area contributed by atoms with Crippen molar-refractivity contribution in [2.75, 3.05) is 24.2 Å². The standard InChI is InChI=1S/C12H23N3OS/c1-6-16-9-10(13)15-17-11(9)14-7-12(4,5)8(2)3/h8,14H,6-7H2,1-5H3,(H2,13,15). The maximum Gasteiger partial charge on any atom is 0.197 e. The lowest BCUT2D eigenvalue weighted by Gasteiger charge is -2.29. The third-order valence-corrected chi connectivity index (χ3v) is 4.03. The van der Waals surface area contributed by atoms with E-state index < -0.39 is 0 Å². The van der Waals surface area contributed by atoms with Crippen LogP contribution in [0.4, 0.5) is 10.8 Å². The Morgan fingerprint density at radius 3 is 2.65 bits per heavy atom. The van der Waals surface area contributed by atoms with E-state index in [1.807, 2.05) is 6.92 Å². The lowest BCUT2D eigenvalue weighted by Crippen LogP contribution is -2.28. The molecule has 0 aliphatic heterocycles. The number of rotatable bonds is 6. The Bertz CT molecular complexity index is 361. The number of nitrogen functional groups attached to an aromatic ring is 1. The van der Waals surface area contributed by atoms with E-state index in [1.54, 1.807) is 0 Å². The zero-order valence-corrected chi connectivity index (χ0v) is 12.1. The number of hydrogen-bond acceptors (Lipinski definition) is 5. The summed E-state index contributed by atoms with van der Waals surface area (Å²) >= 11 is 1.36. The molecule has 0 bridgehead atoms. The maximum absolute atomic E-state index is 5.76. The maximum atomic E-state index is 5.76. The molecule has 0 atom stereocenters. The van der Waals surface area contributed by atoms with Gasteiger partial charge in [-0.2, -0.15) is 4.37 Å². The molecule has 17 heavy (non-hydrogen) atoms. The number of anilines is 2. The molecular weight excluding hydrogens is 234 g/mol. The summed E-state index contributed by atoms with van der Waals surface area (Å²) in [4.78, 5) is 0. The smallest absolute Gasteiger partial charge is 0.197 e. The predicted molar refractivity (Wildman–Crippen MR) is 74.8 cm³/mol.